The van der Waals surface area contributed by atoms with Crippen LogP contribution in [0.15, 0.2) is 66.7 Å². The van der Waals surface area contributed by atoms with E-state index in [4.69, 9.17) is 10.5 Å². The fourth-order valence-corrected chi connectivity index (χ4v) is 3.41. The molecule has 2 N–H and O–H groups in total. The monoisotopic (exact) mass is 405 g/mol. The van der Waals surface area contributed by atoms with E-state index in [0.29, 0.717) is 42.2 Å². The van der Waals surface area contributed by atoms with Crippen LogP contribution >= 0.6 is 0 Å². The molecular formula is C23H20FN3O3. The number of ether oxygens (including phenoxy) is 1. The highest BCUT2D eigenvalue weighted by molar-refractivity contribution is 5.94. The summed E-state index contributed by atoms with van der Waals surface area (Å²) in [5.41, 5.74) is 8.35. The molecule has 1 atom stereocenters. The summed E-state index contributed by atoms with van der Waals surface area (Å²) in [6.07, 6.45) is -0.387. The number of rotatable bonds is 4. The highest BCUT2D eigenvalue weighted by Gasteiger charge is 2.27. The highest BCUT2D eigenvalue weighted by atomic mass is 19.1. The van der Waals surface area contributed by atoms with Crippen LogP contribution in [0.2, 0.25) is 0 Å². The van der Waals surface area contributed by atoms with E-state index in [2.05, 4.69) is 4.98 Å². The van der Waals surface area contributed by atoms with Gasteiger partial charge in [0.2, 0.25) is 5.91 Å². The number of aromatic nitrogens is 1. The average Bonchev–Trinajstić information content (AvgIpc) is 2.79. The van der Waals surface area contributed by atoms with Crippen molar-refractivity contribution in [2.24, 2.45) is 5.73 Å². The minimum Gasteiger partial charge on any atom is -0.368 e. The van der Waals surface area contributed by atoms with Gasteiger partial charge < -0.3 is 15.4 Å². The first-order chi connectivity index (χ1) is 14.5. The summed E-state index contributed by atoms with van der Waals surface area (Å²) in [6.45, 7) is 1.17. The summed E-state index contributed by atoms with van der Waals surface area (Å²) in [6, 6.07) is 18.0. The van der Waals surface area contributed by atoms with Crippen molar-refractivity contribution in [3.63, 3.8) is 0 Å². The molecule has 0 radical (unpaired) electrons. The van der Waals surface area contributed by atoms with E-state index in [-0.39, 0.29) is 17.8 Å². The second kappa shape index (κ2) is 8.42. The molecule has 1 saturated heterocycles. The first kappa shape index (κ1) is 19.7. The number of hydrogen-bond acceptors (Lipinski definition) is 4. The Hall–Kier alpha value is -3.58. The van der Waals surface area contributed by atoms with E-state index in [9.17, 15) is 14.0 Å². The molecule has 1 aliphatic heterocycles. The van der Waals surface area contributed by atoms with E-state index < -0.39 is 5.91 Å². The van der Waals surface area contributed by atoms with Gasteiger partial charge in [0.1, 0.15) is 11.9 Å². The molecule has 1 unspecified atom stereocenters. The molecule has 4 rings (SSSR count). The number of hydrogen-bond donors (Lipinski definition) is 1. The van der Waals surface area contributed by atoms with Crippen LogP contribution in [0, 0.1) is 5.82 Å². The summed E-state index contributed by atoms with van der Waals surface area (Å²) in [5, 5.41) is 0. The normalized spacial score (nSPS) is 16.3. The zero-order valence-corrected chi connectivity index (χ0v) is 16.1. The Morgan fingerprint density at radius 1 is 1.03 bits per heavy atom. The van der Waals surface area contributed by atoms with Crippen molar-refractivity contribution < 1.29 is 18.7 Å². The van der Waals surface area contributed by atoms with Gasteiger partial charge in [0, 0.05) is 23.2 Å². The second-order valence-electron chi connectivity index (χ2n) is 7.01. The molecule has 2 amide bonds. The van der Waals surface area contributed by atoms with E-state index in [1.54, 1.807) is 23.1 Å². The van der Waals surface area contributed by atoms with Crippen LogP contribution in [0.4, 0.5) is 4.39 Å². The van der Waals surface area contributed by atoms with Gasteiger partial charge in [-0.3, -0.25) is 9.59 Å². The van der Waals surface area contributed by atoms with Gasteiger partial charge in [0.05, 0.1) is 24.5 Å². The molecular weight excluding hydrogens is 385 g/mol. The van der Waals surface area contributed by atoms with Crippen molar-refractivity contribution in [1.82, 2.24) is 9.88 Å². The molecule has 6 nitrogen and oxygen atoms in total. The topological polar surface area (TPSA) is 85.5 Å². The Labute approximate surface area is 173 Å². The van der Waals surface area contributed by atoms with Crippen LogP contribution in [-0.4, -0.2) is 41.4 Å². The summed E-state index contributed by atoms with van der Waals surface area (Å²) in [5.74, 6) is -1.06. The van der Waals surface area contributed by atoms with Gasteiger partial charge in [-0.15, -0.1) is 0 Å². The van der Waals surface area contributed by atoms with Crippen LogP contribution in [0.3, 0.4) is 0 Å². The fraction of sp³-hybridized carbons (Fsp3) is 0.174. The Morgan fingerprint density at radius 2 is 1.80 bits per heavy atom. The molecule has 2 heterocycles. The third-order valence-electron chi connectivity index (χ3n) is 4.99. The Kier molecular flexibility index (Phi) is 5.54. The van der Waals surface area contributed by atoms with Crippen molar-refractivity contribution in [2.45, 2.75) is 6.10 Å². The van der Waals surface area contributed by atoms with E-state index in [0.717, 1.165) is 5.56 Å². The number of morpholine rings is 1. The van der Waals surface area contributed by atoms with Crippen LogP contribution < -0.4 is 5.73 Å². The lowest BCUT2D eigenvalue weighted by atomic mass is 10.1. The minimum atomic E-state index is -0.501. The third-order valence-corrected chi connectivity index (χ3v) is 4.99. The van der Waals surface area contributed by atoms with Gasteiger partial charge in [-0.1, -0.05) is 18.2 Å². The molecule has 7 heteroatoms. The second-order valence-corrected chi connectivity index (χ2v) is 7.01. The number of benzene rings is 2. The molecule has 1 aromatic heterocycles. The third kappa shape index (κ3) is 4.21. The minimum absolute atomic E-state index is 0.173. The van der Waals surface area contributed by atoms with Crippen molar-refractivity contribution in [3.05, 3.63) is 89.4 Å². The number of pyridine rings is 1. The molecule has 1 fully saturated rings. The fourth-order valence-electron chi connectivity index (χ4n) is 3.41. The van der Waals surface area contributed by atoms with Crippen molar-refractivity contribution >= 4 is 11.8 Å². The quantitative estimate of drug-likeness (QED) is 0.722. The van der Waals surface area contributed by atoms with E-state index >= 15 is 0 Å². The highest BCUT2D eigenvalue weighted by Crippen LogP contribution is 2.25. The Balaban J connectivity index is 1.55. The van der Waals surface area contributed by atoms with Crippen molar-refractivity contribution in [3.8, 4) is 11.3 Å². The summed E-state index contributed by atoms with van der Waals surface area (Å²) >= 11 is 0. The number of carbonyl (C=O) groups excluding carboxylic acids is 2. The van der Waals surface area contributed by atoms with Gasteiger partial charge in [0.15, 0.2) is 0 Å². The predicted molar refractivity (Wildman–Crippen MR) is 109 cm³/mol. The molecule has 0 bridgehead atoms. The summed E-state index contributed by atoms with van der Waals surface area (Å²) in [7, 11) is 0. The molecule has 3 aromatic rings. The number of primary amides is 1. The number of carbonyl (C=O) groups is 2. The number of halogens is 1. The zero-order chi connectivity index (χ0) is 21.1. The molecule has 0 spiro atoms. The lowest BCUT2D eigenvalue weighted by Gasteiger charge is -2.33. The number of amides is 2. The van der Waals surface area contributed by atoms with E-state index in [1.165, 1.54) is 24.3 Å². The summed E-state index contributed by atoms with van der Waals surface area (Å²) in [4.78, 5) is 30.6. The van der Waals surface area contributed by atoms with Gasteiger partial charge in [-0.2, -0.15) is 0 Å². The molecule has 1 aliphatic rings. The molecule has 0 aliphatic carbocycles. The van der Waals surface area contributed by atoms with Crippen LogP contribution in [-0.2, 0) is 4.74 Å². The van der Waals surface area contributed by atoms with Gasteiger partial charge in [0.25, 0.3) is 5.91 Å². The van der Waals surface area contributed by atoms with Crippen LogP contribution in [0.1, 0.15) is 32.5 Å². The average molecular weight is 405 g/mol. The number of nitrogens with two attached hydrogens (primary N) is 1. The molecule has 2 aromatic carbocycles. The van der Waals surface area contributed by atoms with E-state index in [1.807, 2.05) is 24.3 Å². The van der Waals surface area contributed by atoms with Gasteiger partial charge in [-0.25, -0.2) is 9.37 Å². The first-order valence-corrected chi connectivity index (χ1v) is 9.55. The van der Waals surface area contributed by atoms with Crippen molar-refractivity contribution in [1.29, 1.82) is 0 Å². The van der Waals surface area contributed by atoms with Crippen LogP contribution in [0.25, 0.3) is 11.3 Å². The smallest absolute Gasteiger partial charge is 0.254 e. The molecule has 0 saturated carbocycles. The maximum absolute atomic E-state index is 13.1. The summed E-state index contributed by atoms with van der Waals surface area (Å²) < 4.78 is 19.0. The van der Waals surface area contributed by atoms with Gasteiger partial charge >= 0.3 is 0 Å². The maximum Gasteiger partial charge on any atom is 0.254 e. The Morgan fingerprint density at radius 3 is 2.57 bits per heavy atom. The first-order valence-electron chi connectivity index (χ1n) is 9.55. The number of nitrogens with zero attached hydrogens (tertiary/aromatic N) is 2. The standard InChI is InChI=1S/C23H20FN3O3/c24-18-9-7-15(8-10-18)23(29)27-11-12-30-21(14-27)20-6-2-5-19(26-20)16-3-1-4-17(13-16)22(25)28/h1-10,13,21H,11-12,14H2,(H2,25,28). The largest absolute Gasteiger partial charge is 0.368 e. The molecule has 152 valence electrons. The van der Waals surface area contributed by atoms with Crippen LogP contribution in [0.5, 0.6) is 0 Å². The lowest BCUT2D eigenvalue weighted by Crippen LogP contribution is -2.42. The maximum atomic E-state index is 13.1. The molecule has 30 heavy (non-hydrogen) atoms. The SMILES string of the molecule is NC(=O)c1cccc(-c2cccc(C3CN(C(=O)c4ccc(F)cc4)CCO3)n2)c1. The zero-order valence-electron chi connectivity index (χ0n) is 16.1. The van der Waals surface area contributed by atoms with Crippen molar-refractivity contribution in [2.75, 3.05) is 19.7 Å². The van der Waals surface area contributed by atoms with Gasteiger partial charge in [-0.05, 0) is 48.5 Å². The Bertz CT molecular complexity index is 1090. The lowest BCUT2D eigenvalue weighted by molar-refractivity contribution is -0.0246. The predicted octanol–water partition coefficient (Wildman–Crippen LogP) is 3.20.